The monoisotopic (exact) mass is 377 g/mol. The van der Waals surface area contributed by atoms with Gasteiger partial charge in [-0.15, -0.1) is 0 Å². The van der Waals surface area contributed by atoms with E-state index in [1.807, 2.05) is 48.5 Å². The molecule has 2 heterocycles. The lowest BCUT2D eigenvalue weighted by Gasteiger charge is -2.32. The molecule has 1 N–H and O–H groups in total. The largest absolute Gasteiger partial charge is 0.355 e. The molecule has 0 aliphatic carbocycles. The molecular weight excluding hydrogens is 350 g/mol. The summed E-state index contributed by atoms with van der Waals surface area (Å²) in [4.78, 5) is 15.3. The first-order valence-electron chi connectivity index (χ1n) is 10.2. The molecule has 1 amide bonds. The van der Waals surface area contributed by atoms with Gasteiger partial charge in [0.2, 0.25) is 0 Å². The predicted molar refractivity (Wildman–Crippen MR) is 111 cm³/mol. The number of carbonyl (C=O) groups is 1. The van der Waals surface area contributed by atoms with Crippen LogP contribution >= 0.6 is 0 Å². The summed E-state index contributed by atoms with van der Waals surface area (Å²) in [6.45, 7) is 5.52. The van der Waals surface area contributed by atoms with E-state index < -0.39 is 0 Å². The number of aromatic nitrogens is 1. The van der Waals surface area contributed by atoms with Gasteiger partial charge in [0.25, 0.3) is 5.91 Å². The van der Waals surface area contributed by atoms with Crippen molar-refractivity contribution in [3.63, 3.8) is 0 Å². The first-order chi connectivity index (χ1) is 13.7. The van der Waals surface area contributed by atoms with Crippen LogP contribution in [-0.2, 0) is 0 Å². The Morgan fingerprint density at radius 1 is 1.18 bits per heavy atom. The first kappa shape index (κ1) is 18.7. The van der Waals surface area contributed by atoms with Crippen LogP contribution in [0.15, 0.2) is 53.1 Å². The second kappa shape index (κ2) is 8.57. The van der Waals surface area contributed by atoms with E-state index in [-0.39, 0.29) is 11.9 Å². The van der Waals surface area contributed by atoms with Gasteiger partial charge in [-0.1, -0.05) is 48.8 Å². The normalized spacial score (nSPS) is 15.8. The molecule has 1 saturated heterocycles. The van der Waals surface area contributed by atoms with E-state index in [9.17, 15) is 4.79 Å². The Morgan fingerprint density at radius 2 is 1.96 bits per heavy atom. The van der Waals surface area contributed by atoms with Crippen molar-refractivity contribution in [2.75, 3.05) is 19.6 Å². The molecule has 0 unspecified atom stereocenters. The zero-order valence-electron chi connectivity index (χ0n) is 16.4. The minimum absolute atomic E-state index is 0.0193. The van der Waals surface area contributed by atoms with Gasteiger partial charge in [-0.3, -0.25) is 4.79 Å². The van der Waals surface area contributed by atoms with Gasteiger partial charge >= 0.3 is 0 Å². The van der Waals surface area contributed by atoms with E-state index in [1.165, 1.54) is 19.4 Å². The van der Waals surface area contributed by atoms with Gasteiger partial charge in [-0.05, 0) is 44.0 Å². The van der Waals surface area contributed by atoms with Crippen molar-refractivity contribution in [3.8, 4) is 11.3 Å². The molecule has 0 bridgehead atoms. The summed E-state index contributed by atoms with van der Waals surface area (Å²) >= 11 is 0. The number of hydrogen-bond acceptors (Lipinski definition) is 4. The molecule has 5 heteroatoms. The van der Waals surface area contributed by atoms with Crippen molar-refractivity contribution in [1.82, 2.24) is 15.4 Å². The highest BCUT2D eigenvalue weighted by Gasteiger charge is 2.21. The average Bonchev–Trinajstić information content (AvgIpc) is 3.17. The van der Waals surface area contributed by atoms with Crippen molar-refractivity contribution >= 4 is 16.8 Å². The third-order valence-corrected chi connectivity index (χ3v) is 5.53. The fourth-order valence-electron chi connectivity index (χ4n) is 3.83. The summed E-state index contributed by atoms with van der Waals surface area (Å²) in [5, 5.41) is 8.21. The Kier molecular flexibility index (Phi) is 5.72. The van der Waals surface area contributed by atoms with Crippen molar-refractivity contribution < 1.29 is 9.32 Å². The smallest absolute Gasteiger partial charge is 0.251 e. The zero-order valence-corrected chi connectivity index (χ0v) is 16.4. The number of likely N-dealkylation sites (tertiary alicyclic amines) is 1. The Bertz CT molecular complexity index is 927. The van der Waals surface area contributed by atoms with Crippen molar-refractivity contribution in [2.45, 2.75) is 38.6 Å². The van der Waals surface area contributed by atoms with Crippen LogP contribution in [0.2, 0.25) is 0 Å². The van der Waals surface area contributed by atoms with Crippen molar-refractivity contribution in [2.24, 2.45) is 0 Å². The van der Waals surface area contributed by atoms with Gasteiger partial charge in [0, 0.05) is 30.3 Å². The number of piperidine rings is 1. The average molecular weight is 377 g/mol. The number of nitrogens with one attached hydrogen (secondary N) is 1. The maximum absolute atomic E-state index is 12.8. The Labute approximate surface area is 165 Å². The molecule has 28 heavy (non-hydrogen) atoms. The van der Waals surface area contributed by atoms with E-state index in [0.717, 1.165) is 42.4 Å². The summed E-state index contributed by atoms with van der Waals surface area (Å²) in [5.74, 6) is 0.684. The fraction of sp³-hybridized carbons (Fsp3) is 0.391. The number of fused-ring (bicyclic) bond motifs is 1. The minimum atomic E-state index is -0.0193. The van der Waals surface area contributed by atoms with E-state index in [1.54, 1.807) is 0 Å². The van der Waals surface area contributed by atoms with Gasteiger partial charge in [-0.2, -0.15) is 0 Å². The zero-order chi connectivity index (χ0) is 19.3. The lowest BCUT2D eigenvalue weighted by Crippen LogP contribution is -2.44. The Balaban J connectivity index is 1.45. The van der Waals surface area contributed by atoms with Gasteiger partial charge in [0.05, 0.1) is 5.39 Å². The molecule has 4 rings (SSSR count). The van der Waals surface area contributed by atoms with E-state index >= 15 is 0 Å². The maximum atomic E-state index is 12.8. The number of benzene rings is 2. The quantitative estimate of drug-likeness (QED) is 0.688. The molecule has 1 fully saturated rings. The topological polar surface area (TPSA) is 58.4 Å². The highest BCUT2D eigenvalue weighted by Crippen LogP contribution is 2.29. The molecule has 0 spiro atoms. The molecule has 3 aromatic rings. The first-order valence-corrected chi connectivity index (χ1v) is 10.2. The highest BCUT2D eigenvalue weighted by atomic mass is 16.5. The Morgan fingerprint density at radius 3 is 2.71 bits per heavy atom. The minimum Gasteiger partial charge on any atom is -0.355 e. The van der Waals surface area contributed by atoms with Crippen LogP contribution in [0.3, 0.4) is 0 Å². The van der Waals surface area contributed by atoms with E-state index in [4.69, 9.17) is 4.52 Å². The maximum Gasteiger partial charge on any atom is 0.251 e. The molecule has 2 aromatic carbocycles. The number of carbonyl (C=O) groups excluding carboxylic acids is 1. The predicted octanol–water partition coefficient (Wildman–Crippen LogP) is 4.49. The third-order valence-electron chi connectivity index (χ3n) is 5.53. The van der Waals surface area contributed by atoms with Gasteiger partial charge in [-0.25, -0.2) is 0 Å². The lowest BCUT2D eigenvalue weighted by molar-refractivity contribution is 0.0911. The molecular formula is C23H27N3O2. The molecule has 1 aliphatic rings. The number of amides is 1. The molecule has 146 valence electrons. The molecule has 5 nitrogen and oxygen atoms in total. The van der Waals surface area contributed by atoms with Gasteiger partial charge < -0.3 is 14.7 Å². The van der Waals surface area contributed by atoms with Crippen molar-refractivity contribution in [1.29, 1.82) is 0 Å². The van der Waals surface area contributed by atoms with Gasteiger partial charge in [0.1, 0.15) is 5.52 Å². The number of hydrogen-bond donors (Lipinski definition) is 1. The van der Waals surface area contributed by atoms with Crippen LogP contribution in [-0.4, -0.2) is 41.6 Å². The second-order valence-corrected chi connectivity index (χ2v) is 7.55. The number of nitrogens with zero attached hydrogens (tertiary/aromatic N) is 2. The summed E-state index contributed by atoms with van der Waals surface area (Å²) in [6, 6.07) is 15.7. The molecule has 0 atom stereocenters. The van der Waals surface area contributed by atoms with Crippen LogP contribution in [0.1, 0.15) is 43.0 Å². The SMILES string of the molecule is CCCCN1CCC(NC(=O)c2ccc3noc(-c4ccccc4)c3c2)CC1. The van der Waals surface area contributed by atoms with Gasteiger partial charge in [0.15, 0.2) is 5.76 Å². The molecule has 0 saturated carbocycles. The van der Waals surface area contributed by atoms with Crippen LogP contribution in [0.4, 0.5) is 0 Å². The summed E-state index contributed by atoms with van der Waals surface area (Å²) in [5.41, 5.74) is 2.38. The van der Waals surface area contributed by atoms with Crippen molar-refractivity contribution in [3.05, 3.63) is 54.1 Å². The van der Waals surface area contributed by atoms with Crippen LogP contribution in [0.5, 0.6) is 0 Å². The molecule has 1 aromatic heterocycles. The molecule has 0 radical (unpaired) electrons. The van der Waals surface area contributed by atoms with Crippen LogP contribution in [0.25, 0.3) is 22.2 Å². The second-order valence-electron chi connectivity index (χ2n) is 7.55. The number of unbranched alkanes of at least 4 members (excludes halogenated alkanes) is 1. The summed E-state index contributed by atoms with van der Waals surface area (Å²) in [6.07, 6.45) is 4.51. The number of rotatable bonds is 6. The third kappa shape index (κ3) is 4.09. The van der Waals surface area contributed by atoms with E-state index in [2.05, 4.69) is 22.3 Å². The molecule has 1 aliphatic heterocycles. The lowest BCUT2D eigenvalue weighted by atomic mass is 10.0. The summed E-state index contributed by atoms with van der Waals surface area (Å²) < 4.78 is 5.54. The van der Waals surface area contributed by atoms with Crippen LogP contribution < -0.4 is 5.32 Å². The standard InChI is InChI=1S/C23H27N3O2/c1-2-3-13-26-14-11-19(12-15-26)24-23(27)18-9-10-21-20(16-18)22(28-25-21)17-7-5-4-6-8-17/h4-10,16,19H,2-3,11-15H2,1H3,(H,24,27). The summed E-state index contributed by atoms with van der Waals surface area (Å²) in [7, 11) is 0. The van der Waals surface area contributed by atoms with E-state index in [0.29, 0.717) is 11.3 Å². The highest BCUT2D eigenvalue weighted by molar-refractivity contribution is 6.01. The van der Waals surface area contributed by atoms with Crippen LogP contribution in [0, 0.1) is 0 Å². The Hall–Kier alpha value is -2.66. The fourth-order valence-corrected chi connectivity index (χ4v) is 3.83.